The minimum atomic E-state index is -0.890. The van der Waals surface area contributed by atoms with Crippen LogP contribution in [-0.2, 0) is 6.61 Å². The molecular weight excluding hydrogens is 303 g/mol. The van der Waals surface area contributed by atoms with E-state index in [0.717, 1.165) is 23.8 Å². The molecule has 0 amide bonds. The molecule has 0 aliphatic rings. The standard InChI is InChI=1S/C18H12F3NO/c19-13-7-4-8-15(23-11-12-5-2-1-3-6-12)17(13)18-14(20)9-10-16(21)22-18/h1-10H,11H2. The molecule has 23 heavy (non-hydrogen) atoms. The fourth-order valence-electron chi connectivity index (χ4n) is 2.18. The van der Waals surface area contributed by atoms with E-state index < -0.39 is 23.3 Å². The molecule has 3 rings (SSSR count). The summed E-state index contributed by atoms with van der Waals surface area (Å²) in [6, 6.07) is 15.1. The van der Waals surface area contributed by atoms with Crippen LogP contribution >= 0.6 is 0 Å². The van der Waals surface area contributed by atoms with Crippen LogP contribution in [-0.4, -0.2) is 4.98 Å². The lowest BCUT2D eigenvalue weighted by Gasteiger charge is -2.12. The van der Waals surface area contributed by atoms with Crippen LogP contribution in [0.4, 0.5) is 13.2 Å². The van der Waals surface area contributed by atoms with E-state index in [1.165, 1.54) is 12.1 Å². The van der Waals surface area contributed by atoms with Gasteiger partial charge in [-0.15, -0.1) is 0 Å². The molecule has 1 aromatic heterocycles. The summed E-state index contributed by atoms with van der Waals surface area (Å²) in [5.74, 6) is -2.34. The average molecular weight is 315 g/mol. The highest BCUT2D eigenvalue weighted by Crippen LogP contribution is 2.33. The van der Waals surface area contributed by atoms with E-state index >= 15 is 0 Å². The molecule has 0 aliphatic carbocycles. The number of hydrogen-bond donors (Lipinski definition) is 0. The molecule has 0 bridgehead atoms. The topological polar surface area (TPSA) is 22.1 Å². The summed E-state index contributed by atoms with van der Waals surface area (Å²) in [4.78, 5) is 3.46. The molecule has 0 spiro atoms. The Hall–Kier alpha value is -2.82. The number of rotatable bonds is 4. The Balaban J connectivity index is 1.98. The molecule has 0 unspecified atom stereocenters. The predicted octanol–water partition coefficient (Wildman–Crippen LogP) is 4.74. The number of pyridine rings is 1. The molecule has 0 radical (unpaired) electrons. The van der Waals surface area contributed by atoms with Gasteiger partial charge in [-0.25, -0.2) is 13.8 Å². The van der Waals surface area contributed by atoms with Crippen molar-refractivity contribution in [2.45, 2.75) is 6.61 Å². The van der Waals surface area contributed by atoms with Crippen molar-refractivity contribution in [2.75, 3.05) is 0 Å². The van der Waals surface area contributed by atoms with Crippen LogP contribution in [0.25, 0.3) is 11.3 Å². The molecule has 116 valence electrons. The molecule has 0 saturated heterocycles. The first-order chi connectivity index (χ1) is 11.1. The second-order valence-electron chi connectivity index (χ2n) is 4.85. The predicted molar refractivity (Wildman–Crippen MR) is 80.3 cm³/mol. The first kappa shape index (κ1) is 15.1. The summed E-state index contributed by atoms with van der Waals surface area (Å²) < 4.78 is 47.0. The zero-order chi connectivity index (χ0) is 16.2. The van der Waals surface area contributed by atoms with Gasteiger partial charge in [0, 0.05) is 0 Å². The van der Waals surface area contributed by atoms with Gasteiger partial charge in [0.1, 0.15) is 29.7 Å². The van der Waals surface area contributed by atoms with Gasteiger partial charge in [-0.05, 0) is 29.8 Å². The number of halogens is 3. The first-order valence-electron chi connectivity index (χ1n) is 6.93. The van der Waals surface area contributed by atoms with Gasteiger partial charge in [-0.2, -0.15) is 4.39 Å². The minimum absolute atomic E-state index is 0.103. The second kappa shape index (κ2) is 6.52. The largest absolute Gasteiger partial charge is 0.488 e. The molecular formula is C18H12F3NO. The highest BCUT2D eigenvalue weighted by molar-refractivity contribution is 5.68. The van der Waals surface area contributed by atoms with Crippen LogP contribution in [0.3, 0.4) is 0 Å². The molecule has 0 N–H and O–H groups in total. The molecule has 2 nitrogen and oxygen atoms in total. The van der Waals surface area contributed by atoms with Crippen molar-refractivity contribution in [1.82, 2.24) is 4.98 Å². The summed E-state index contributed by atoms with van der Waals surface area (Å²) in [6.07, 6.45) is 0. The maximum Gasteiger partial charge on any atom is 0.213 e. The van der Waals surface area contributed by atoms with E-state index in [1.807, 2.05) is 30.3 Å². The van der Waals surface area contributed by atoms with E-state index in [2.05, 4.69) is 4.98 Å². The van der Waals surface area contributed by atoms with E-state index in [9.17, 15) is 13.2 Å². The Labute approximate surface area is 131 Å². The Morgan fingerprint density at radius 2 is 1.57 bits per heavy atom. The molecule has 3 aromatic rings. The van der Waals surface area contributed by atoms with Crippen molar-refractivity contribution in [3.8, 4) is 17.0 Å². The van der Waals surface area contributed by atoms with Crippen LogP contribution in [0.5, 0.6) is 5.75 Å². The van der Waals surface area contributed by atoms with E-state index in [1.54, 1.807) is 0 Å². The van der Waals surface area contributed by atoms with Crippen LogP contribution in [0.15, 0.2) is 60.7 Å². The fourth-order valence-corrected chi connectivity index (χ4v) is 2.18. The van der Waals surface area contributed by atoms with Crippen LogP contribution < -0.4 is 4.74 Å². The maximum absolute atomic E-state index is 14.2. The summed E-state index contributed by atoms with van der Waals surface area (Å²) in [5.41, 5.74) is 0.266. The Morgan fingerprint density at radius 3 is 2.35 bits per heavy atom. The summed E-state index contributed by atoms with van der Waals surface area (Å²) in [5, 5.41) is 0. The Kier molecular flexibility index (Phi) is 4.28. The van der Waals surface area contributed by atoms with Gasteiger partial charge < -0.3 is 4.74 Å². The van der Waals surface area contributed by atoms with Gasteiger partial charge >= 0.3 is 0 Å². The van der Waals surface area contributed by atoms with Gasteiger partial charge in [-0.3, -0.25) is 0 Å². The number of hydrogen-bond acceptors (Lipinski definition) is 2. The summed E-state index contributed by atoms with van der Waals surface area (Å²) in [7, 11) is 0. The van der Waals surface area contributed by atoms with Gasteiger partial charge in [0.25, 0.3) is 0 Å². The Bertz CT molecular complexity index is 822. The Morgan fingerprint density at radius 1 is 0.783 bits per heavy atom. The van der Waals surface area contributed by atoms with Gasteiger partial charge in [0.05, 0.1) is 5.56 Å². The molecule has 5 heteroatoms. The molecule has 2 aromatic carbocycles. The van der Waals surface area contributed by atoms with E-state index in [4.69, 9.17) is 4.74 Å². The summed E-state index contributed by atoms with van der Waals surface area (Å²) in [6.45, 7) is 0.175. The lowest BCUT2D eigenvalue weighted by atomic mass is 10.1. The smallest absolute Gasteiger partial charge is 0.213 e. The number of ether oxygens (including phenoxy) is 1. The lowest BCUT2D eigenvalue weighted by Crippen LogP contribution is -2.01. The van der Waals surface area contributed by atoms with Gasteiger partial charge in [0.2, 0.25) is 5.95 Å². The zero-order valence-electron chi connectivity index (χ0n) is 12.0. The highest BCUT2D eigenvalue weighted by Gasteiger charge is 2.18. The van der Waals surface area contributed by atoms with Crippen LogP contribution in [0.2, 0.25) is 0 Å². The summed E-state index contributed by atoms with van der Waals surface area (Å²) >= 11 is 0. The molecule has 0 atom stereocenters. The third-order valence-electron chi connectivity index (χ3n) is 3.26. The highest BCUT2D eigenvalue weighted by atomic mass is 19.1. The molecule has 0 saturated carbocycles. The number of nitrogens with zero attached hydrogens (tertiary/aromatic N) is 1. The van der Waals surface area contributed by atoms with Crippen molar-refractivity contribution in [2.24, 2.45) is 0 Å². The van der Waals surface area contributed by atoms with Gasteiger partial charge in [-0.1, -0.05) is 36.4 Å². The lowest BCUT2D eigenvalue weighted by molar-refractivity contribution is 0.306. The van der Waals surface area contributed by atoms with Crippen molar-refractivity contribution in [3.63, 3.8) is 0 Å². The molecule has 1 heterocycles. The van der Waals surface area contributed by atoms with E-state index in [-0.39, 0.29) is 17.9 Å². The van der Waals surface area contributed by atoms with Crippen molar-refractivity contribution >= 4 is 0 Å². The second-order valence-corrected chi connectivity index (χ2v) is 4.85. The van der Waals surface area contributed by atoms with Crippen LogP contribution in [0.1, 0.15) is 5.56 Å². The fraction of sp³-hybridized carbons (Fsp3) is 0.0556. The molecule has 0 aliphatic heterocycles. The zero-order valence-corrected chi connectivity index (χ0v) is 12.0. The van der Waals surface area contributed by atoms with Crippen molar-refractivity contribution < 1.29 is 17.9 Å². The number of benzene rings is 2. The SMILES string of the molecule is Fc1ccc(F)c(-c2c(F)cccc2OCc2ccccc2)n1. The minimum Gasteiger partial charge on any atom is -0.488 e. The average Bonchev–Trinajstić information content (AvgIpc) is 2.56. The normalized spacial score (nSPS) is 10.6. The molecule has 0 fully saturated rings. The first-order valence-corrected chi connectivity index (χ1v) is 6.93. The monoisotopic (exact) mass is 315 g/mol. The van der Waals surface area contributed by atoms with E-state index in [0.29, 0.717) is 0 Å². The quantitative estimate of drug-likeness (QED) is 0.649. The third kappa shape index (κ3) is 3.34. The third-order valence-corrected chi connectivity index (χ3v) is 3.26. The van der Waals surface area contributed by atoms with Crippen molar-refractivity contribution in [1.29, 1.82) is 0 Å². The van der Waals surface area contributed by atoms with Crippen molar-refractivity contribution in [3.05, 3.63) is 83.8 Å². The van der Waals surface area contributed by atoms with Crippen LogP contribution in [0, 0.1) is 17.6 Å². The number of aromatic nitrogens is 1. The maximum atomic E-state index is 14.2. The van der Waals surface area contributed by atoms with Gasteiger partial charge in [0.15, 0.2) is 0 Å².